The minimum absolute atomic E-state index is 0.631. The van der Waals surface area contributed by atoms with Crippen molar-refractivity contribution < 1.29 is 4.74 Å². The molecular formula is C14H17BrN2O. The lowest BCUT2D eigenvalue weighted by atomic mass is 9.90. The summed E-state index contributed by atoms with van der Waals surface area (Å²) in [7, 11) is 0. The van der Waals surface area contributed by atoms with Gasteiger partial charge in [-0.1, -0.05) is 15.9 Å². The van der Waals surface area contributed by atoms with Crippen LogP contribution in [0.2, 0.25) is 0 Å². The van der Waals surface area contributed by atoms with Gasteiger partial charge in [0.05, 0.1) is 12.3 Å². The summed E-state index contributed by atoms with van der Waals surface area (Å²) < 4.78 is 7.08. The molecule has 3 nitrogen and oxygen atoms in total. The molecule has 96 valence electrons. The van der Waals surface area contributed by atoms with Crippen molar-refractivity contribution in [2.45, 2.75) is 24.8 Å². The molecule has 0 aromatic heterocycles. The van der Waals surface area contributed by atoms with Crippen LogP contribution in [0.5, 0.6) is 5.75 Å². The predicted molar refractivity (Wildman–Crippen MR) is 75.6 cm³/mol. The average Bonchev–Trinajstić information content (AvgIpc) is 2.55. The molecule has 4 rings (SSSR count). The second kappa shape index (κ2) is 4.14. The lowest BCUT2D eigenvalue weighted by molar-refractivity contribution is 0.318. The van der Waals surface area contributed by atoms with Gasteiger partial charge in [0, 0.05) is 29.5 Å². The van der Waals surface area contributed by atoms with Gasteiger partial charge in [0.25, 0.3) is 0 Å². The zero-order chi connectivity index (χ0) is 12.1. The minimum Gasteiger partial charge on any atom is -0.491 e. The van der Waals surface area contributed by atoms with Crippen molar-refractivity contribution in [3.8, 4) is 5.75 Å². The quantitative estimate of drug-likeness (QED) is 0.797. The minimum atomic E-state index is 0.631. The Hall–Kier alpha value is -0.740. The highest BCUT2D eigenvalue weighted by atomic mass is 79.9. The van der Waals surface area contributed by atoms with E-state index < -0.39 is 0 Å². The van der Waals surface area contributed by atoms with E-state index in [4.69, 9.17) is 4.74 Å². The molecule has 1 N–H and O–H groups in total. The molecule has 1 aromatic carbocycles. The van der Waals surface area contributed by atoms with E-state index in [-0.39, 0.29) is 0 Å². The lowest BCUT2D eigenvalue weighted by Gasteiger charge is -2.33. The standard InChI is InChI=1S/C14H17BrN2O/c15-9-6-10-11-8-16-3-2-12(11)17-4-1-5-18-13(7-9)14(10)17/h6-7,11-12,16H,1-5,8H2/t11-,12-/m1/s1. The molecule has 0 saturated carbocycles. The SMILES string of the molecule is Brc1cc2c3c(c1)[C@H]1CNCC[C@H]1N3CCCO2. The van der Waals surface area contributed by atoms with Crippen LogP contribution >= 0.6 is 15.9 Å². The molecule has 0 radical (unpaired) electrons. The third-order valence-electron chi connectivity index (χ3n) is 4.40. The van der Waals surface area contributed by atoms with Crippen LogP contribution in [-0.2, 0) is 0 Å². The second-order valence-corrected chi connectivity index (χ2v) is 6.32. The number of anilines is 1. The third-order valence-corrected chi connectivity index (χ3v) is 4.86. The molecule has 3 aliphatic heterocycles. The number of hydrogen-bond acceptors (Lipinski definition) is 3. The van der Waals surface area contributed by atoms with Crippen LogP contribution in [0.3, 0.4) is 0 Å². The molecule has 0 unspecified atom stereocenters. The van der Waals surface area contributed by atoms with E-state index >= 15 is 0 Å². The Morgan fingerprint density at radius 3 is 3.28 bits per heavy atom. The van der Waals surface area contributed by atoms with Crippen molar-refractivity contribution in [2.24, 2.45) is 0 Å². The van der Waals surface area contributed by atoms with Crippen LogP contribution in [0.25, 0.3) is 0 Å². The number of ether oxygens (including phenoxy) is 1. The van der Waals surface area contributed by atoms with Gasteiger partial charge < -0.3 is 15.0 Å². The van der Waals surface area contributed by atoms with E-state index in [0.29, 0.717) is 12.0 Å². The fourth-order valence-electron chi connectivity index (χ4n) is 3.69. The average molecular weight is 309 g/mol. The van der Waals surface area contributed by atoms with Crippen molar-refractivity contribution in [1.29, 1.82) is 0 Å². The van der Waals surface area contributed by atoms with Crippen molar-refractivity contribution in [1.82, 2.24) is 5.32 Å². The fourth-order valence-corrected chi connectivity index (χ4v) is 4.14. The maximum atomic E-state index is 5.93. The molecule has 1 aromatic rings. The van der Waals surface area contributed by atoms with Gasteiger partial charge in [0.1, 0.15) is 5.75 Å². The highest BCUT2D eigenvalue weighted by Crippen LogP contribution is 2.50. The molecule has 1 fully saturated rings. The third kappa shape index (κ3) is 1.51. The van der Waals surface area contributed by atoms with Gasteiger partial charge in [0.2, 0.25) is 0 Å². The summed E-state index contributed by atoms with van der Waals surface area (Å²) in [5, 5.41) is 3.53. The molecule has 0 bridgehead atoms. The number of rotatable bonds is 0. The van der Waals surface area contributed by atoms with Crippen LogP contribution in [-0.4, -0.2) is 32.3 Å². The smallest absolute Gasteiger partial charge is 0.144 e. The number of piperidine rings is 1. The van der Waals surface area contributed by atoms with Crippen molar-refractivity contribution in [3.05, 3.63) is 22.2 Å². The van der Waals surface area contributed by atoms with Crippen LogP contribution < -0.4 is 15.0 Å². The molecule has 1 saturated heterocycles. The molecule has 2 atom stereocenters. The number of fused-ring (bicyclic) bond motifs is 3. The number of hydrogen-bond donors (Lipinski definition) is 1. The molecule has 3 heterocycles. The van der Waals surface area contributed by atoms with E-state index in [0.717, 1.165) is 42.9 Å². The predicted octanol–water partition coefficient (Wildman–Crippen LogP) is 2.50. The summed E-state index contributed by atoms with van der Waals surface area (Å²) in [4.78, 5) is 2.61. The molecule has 4 heteroatoms. The molecule has 18 heavy (non-hydrogen) atoms. The number of halogens is 1. The van der Waals surface area contributed by atoms with Crippen LogP contribution in [0.15, 0.2) is 16.6 Å². The van der Waals surface area contributed by atoms with Crippen molar-refractivity contribution in [3.63, 3.8) is 0 Å². The van der Waals surface area contributed by atoms with Gasteiger partial charge in [-0.15, -0.1) is 0 Å². The largest absolute Gasteiger partial charge is 0.491 e. The Balaban J connectivity index is 1.90. The topological polar surface area (TPSA) is 24.5 Å². The van der Waals surface area contributed by atoms with E-state index in [1.165, 1.54) is 17.7 Å². The summed E-state index contributed by atoms with van der Waals surface area (Å²) >= 11 is 3.62. The maximum Gasteiger partial charge on any atom is 0.144 e. The monoisotopic (exact) mass is 308 g/mol. The summed E-state index contributed by atoms with van der Waals surface area (Å²) in [5.41, 5.74) is 2.84. The molecule has 0 amide bonds. The van der Waals surface area contributed by atoms with E-state index in [1.807, 2.05) is 0 Å². The lowest BCUT2D eigenvalue weighted by Crippen LogP contribution is -2.44. The Labute approximate surface area is 116 Å². The first kappa shape index (κ1) is 11.1. The van der Waals surface area contributed by atoms with Gasteiger partial charge in [0.15, 0.2) is 0 Å². The summed E-state index contributed by atoms with van der Waals surface area (Å²) in [6.45, 7) is 4.23. The molecular weight excluding hydrogens is 292 g/mol. The summed E-state index contributed by atoms with van der Waals surface area (Å²) in [6.07, 6.45) is 2.37. The number of benzene rings is 1. The Bertz CT molecular complexity index is 491. The van der Waals surface area contributed by atoms with Gasteiger partial charge in [-0.2, -0.15) is 0 Å². The van der Waals surface area contributed by atoms with E-state index in [9.17, 15) is 0 Å². The normalized spacial score (nSPS) is 29.3. The van der Waals surface area contributed by atoms with Gasteiger partial charge >= 0.3 is 0 Å². The Kier molecular flexibility index (Phi) is 2.55. The zero-order valence-electron chi connectivity index (χ0n) is 10.3. The van der Waals surface area contributed by atoms with Gasteiger partial charge in [-0.3, -0.25) is 0 Å². The first-order valence-corrected chi connectivity index (χ1v) is 7.57. The molecule has 3 aliphatic rings. The van der Waals surface area contributed by atoms with Crippen molar-refractivity contribution >= 4 is 21.6 Å². The molecule has 0 spiro atoms. The van der Waals surface area contributed by atoms with E-state index in [2.05, 4.69) is 38.3 Å². The van der Waals surface area contributed by atoms with E-state index in [1.54, 1.807) is 0 Å². The highest BCUT2D eigenvalue weighted by Gasteiger charge is 2.42. The van der Waals surface area contributed by atoms with Gasteiger partial charge in [-0.25, -0.2) is 0 Å². The maximum absolute atomic E-state index is 5.93. The summed E-state index contributed by atoms with van der Waals surface area (Å²) in [5.74, 6) is 1.71. The molecule has 0 aliphatic carbocycles. The number of nitrogens with one attached hydrogen (secondary N) is 1. The number of nitrogens with zero attached hydrogens (tertiary/aromatic N) is 1. The van der Waals surface area contributed by atoms with Crippen LogP contribution in [0.1, 0.15) is 24.3 Å². The highest BCUT2D eigenvalue weighted by molar-refractivity contribution is 9.10. The second-order valence-electron chi connectivity index (χ2n) is 5.40. The van der Waals surface area contributed by atoms with Crippen molar-refractivity contribution in [2.75, 3.05) is 31.1 Å². The Morgan fingerprint density at radius 2 is 2.33 bits per heavy atom. The zero-order valence-corrected chi connectivity index (χ0v) is 11.9. The van der Waals surface area contributed by atoms with Crippen LogP contribution in [0.4, 0.5) is 5.69 Å². The van der Waals surface area contributed by atoms with Gasteiger partial charge in [-0.05, 0) is 37.1 Å². The summed E-state index contributed by atoms with van der Waals surface area (Å²) in [6, 6.07) is 5.09. The first-order valence-electron chi connectivity index (χ1n) is 6.78. The first-order chi connectivity index (χ1) is 8.84. The fraction of sp³-hybridized carbons (Fsp3) is 0.571. The van der Waals surface area contributed by atoms with Crippen LogP contribution in [0, 0.1) is 0 Å². The Morgan fingerprint density at radius 1 is 1.39 bits per heavy atom.